The summed E-state index contributed by atoms with van der Waals surface area (Å²) in [5, 5.41) is 12.6. The van der Waals surface area contributed by atoms with E-state index < -0.39 is 0 Å². The van der Waals surface area contributed by atoms with Crippen LogP contribution >= 0.6 is 0 Å². The zero-order valence-electron chi connectivity index (χ0n) is 11.7. The smallest absolute Gasteiger partial charge is 0.131 e. The van der Waals surface area contributed by atoms with Gasteiger partial charge in [0, 0.05) is 30.3 Å². The lowest BCUT2D eigenvalue weighted by atomic mass is 10.1. The number of nitrogens with one attached hydrogen (secondary N) is 1. The highest BCUT2D eigenvalue weighted by atomic mass is 19.1. The molecular formula is C15H23FN2O. The van der Waals surface area contributed by atoms with Crippen molar-refractivity contribution in [3.63, 3.8) is 0 Å². The van der Waals surface area contributed by atoms with Gasteiger partial charge in [0.15, 0.2) is 0 Å². The fourth-order valence-electron chi connectivity index (χ4n) is 2.79. The summed E-state index contributed by atoms with van der Waals surface area (Å²) >= 11 is 0. The lowest BCUT2D eigenvalue weighted by Gasteiger charge is -2.25. The Morgan fingerprint density at radius 2 is 2.00 bits per heavy atom. The van der Waals surface area contributed by atoms with Gasteiger partial charge in [0.05, 0.1) is 0 Å². The monoisotopic (exact) mass is 266 g/mol. The molecule has 1 fully saturated rings. The van der Waals surface area contributed by atoms with Crippen molar-refractivity contribution >= 4 is 0 Å². The minimum Gasteiger partial charge on any atom is -0.508 e. The first-order valence-electron chi connectivity index (χ1n) is 7.03. The Bertz CT molecular complexity index is 419. The van der Waals surface area contributed by atoms with Crippen molar-refractivity contribution in [2.75, 3.05) is 19.6 Å². The topological polar surface area (TPSA) is 35.5 Å². The van der Waals surface area contributed by atoms with Crippen LogP contribution in [0, 0.1) is 5.82 Å². The Hall–Kier alpha value is -1.13. The average Bonchev–Trinajstić information content (AvgIpc) is 2.81. The van der Waals surface area contributed by atoms with Crippen LogP contribution in [0.2, 0.25) is 0 Å². The number of nitrogens with zero attached hydrogens (tertiary/aromatic N) is 1. The van der Waals surface area contributed by atoms with E-state index in [0.717, 1.165) is 6.54 Å². The molecule has 1 aliphatic rings. The maximum atomic E-state index is 13.7. The third kappa shape index (κ3) is 3.91. The van der Waals surface area contributed by atoms with Gasteiger partial charge in [0.2, 0.25) is 0 Å². The van der Waals surface area contributed by atoms with Gasteiger partial charge in [-0.3, -0.25) is 0 Å². The van der Waals surface area contributed by atoms with Crippen LogP contribution in [0.5, 0.6) is 5.75 Å². The molecule has 2 rings (SSSR count). The maximum Gasteiger partial charge on any atom is 0.131 e. The Labute approximate surface area is 114 Å². The van der Waals surface area contributed by atoms with Crippen molar-refractivity contribution in [3.8, 4) is 5.75 Å². The molecule has 3 nitrogen and oxygen atoms in total. The standard InChI is InChI=1S/C15H23FN2O/c1-11(10-18-7-3-4-8-18)17-12(2)14-6-5-13(19)9-15(14)16/h5-6,9,11-12,17,19H,3-4,7-8,10H2,1-2H3. The van der Waals surface area contributed by atoms with Crippen molar-refractivity contribution in [1.29, 1.82) is 0 Å². The van der Waals surface area contributed by atoms with E-state index in [0.29, 0.717) is 11.6 Å². The third-order valence-electron chi connectivity index (χ3n) is 3.72. The second kappa shape index (κ2) is 6.35. The molecule has 0 spiro atoms. The molecule has 1 aromatic rings. The van der Waals surface area contributed by atoms with Gasteiger partial charge in [0.25, 0.3) is 0 Å². The Kier molecular flexibility index (Phi) is 4.77. The number of rotatable bonds is 5. The number of halogens is 1. The number of hydrogen-bond acceptors (Lipinski definition) is 3. The first kappa shape index (κ1) is 14.3. The summed E-state index contributed by atoms with van der Waals surface area (Å²) in [7, 11) is 0. The number of hydrogen-bond donors (Lipinski definition) is 2. The summed E-state index contributed by atoms with van der Waals surface area (Å²) in [6.45, 7) is 7.44. The predicted molar refractivity (Wildman–Crippen MR) is 74.8 cm³/mol. The molecule has 2 atom stereocenters. The van der Waals surface area contributed by atoms with E-state index in [1.165, 1.54) is 38.1 Å². The molecule has 1 aliphatic heterocycles. The van der Waals surface area contributed by atoms with Crippen LogP contribution in [-0.2, 0) is 0 Å². The fourth-order valence-corrected chi connectivity index (χ4v) is 2.79. The first-order valence-corrected chi connectivity index (χ1v) is 7.03. The van der Waals surface area contributed by atoms with Crippen LogP contribution in [-0.4, -0.2) is 35.7 Å². The van der Waals surface area contributed by atoms with Crippen molar-refractivity contribution in [2.24, 2.45) is 0 Å². The summed E-state index contributed by atoms with van der Waals surface area (Å²) in [5.41, 5.74) is 0.603. The summed E-state index contributed by atoms with van der Waals surface area (Å²) in [6, 6.07) is 4.60. The van der Waals surface area contributed by atoms with E-state index in [-0.39, 0.29) is 17.6 Å². The molecule has 4 heteroatoms. The molecule has 106 valence electrons. The SMILES string of the molecule is CC(CN1CCCC1)NC(C)c1ccc(O)cc1F. The van der Waals surface area contributed by atoms with Gasteiger partial charge in [-0.15, -0.1) is 0 Å². The molecule has 1 aromatic carbocycles. The normalized spacial score (nSPS) is 19.5. The lowest BCUT2D eigenvalue weighted by molar-refractivity contribution is 0.288. The van der Waals surface area contributed by atoms with E-state index in [9.17, 15) is 9.50 Å². The molecule has 0 radical (unpaired) electrons. The van der Waals surface area contributed by atoms with Crippen molar-refractivity contribution < 1.29 is 9.50 Å². The van der Waals surface area contributed by atoms with Crippen molar-refractivity contribution in [3.05, 3.63) is 29.6 Å². The van der Waals surface area contributed by atoms with Gasteiger partial charge in [0.1, 0.15) is 11.6 Å². The average molecular weight is 266 g/mol. The molecule has 2 N–H and O–H groups in total. The van der Waals surface area contributed by atoms with Gasteiger partial charge in [-0.1, -0.05) is 6.07 Å². The van der Waals surface area contributed by atoms with Crippen LogP contribution in [0.1, 0.15) is 38.3 Å². The number of likely N-dealkylation sites (tertiary alicyclic amines) is 1. The minimum absolute atomic E-state index is 0.0291. The van der Waals surface area contributed by atoms with Gasteiger partial charge >= 0.3 is 0 Å². The highest BCUT2D eigenvalue weighted by Gasteiger charge is 2.17. The Morgan fingerprint density at radius 1 is 1.32 bits per heavy atom. The first-order chi connectivity index (χ1) is 9.06. The van der Waals surface area contributed by atoms with E-state index in [4.69, 9.17) is 0 Å². The largest absolute Gasteiger partial charge is 0.508 e. The summed E-state index contributed by atoms with van der Waals surface area (Å²) < 4.78 is 13.7. The fraction of sp³-hybridized carbons (Fsp3) is 0.600. The third-order valence-corrected chi connectivity index (χ3v) is 3.72. The van der Waals surface area contributed by atoms with Crippen LogP contribution in [0.25, 0.3) is 0 Å². The predicted octanol–water partition coefficient (Wildman–Crippen LogP) is 2.67. The molecule has 1 heterocycles. The van der Waals surface area contributed by atoms with Gasteiger partial charge in [-0.2, -0.15) is 0 Å². The van der Waals surface area contributed by atoms with Gasteiger partial charge in [-0.05, 0) is 45.8 Å². The van der Waals surface area contributed by atoms with Crippen LogP contribution in [0.15, 0.2) is 18.2 Å². The Balaban J connectivity index is 1.90. The zero-order valence-corrected chi connectivity index (χ0v) is 11.7. The van der Waals surface area contributed by atoms with Gasteiger partial charge in [-0.25, -0.2) is 4.39 Å². The Morgan fingerprint density at radius 3 is 2.63 bits per heavy atom. The van der Waals surface area contributed by atoms with E-state index in [1.807, 2.05) is 6.92 Å². The summed E-state index contributed by atoms with van der Waals surface area (Å²) in [6.07, 6.45) is 2.57. The van der Waals surface area contributed by atoms with Gasteiger partial charge < -0.3 is 15.3 Å². The van der Waals surface area contributed by atoms with E-state index in [2.05, 4.69) is 17.1 Å². The summed E-state index contributed by atoms with van der Waals surface area (Å²) in [4.78, 5) is 2.44. The molecule has 0 saturated carbocycles. The highest BCUT2D eigenvalue weighted by Crippen LogP contribution is 2.21. The molecule has 19 heavy (non-hydrogen) atoms. The molecule has 0 aliphatic carbocycles. The van der Waals surface area contributed by atoms with E-state index in [1.54, 1.807) is 6.07 Å². The van der Waals surface area contributed by atoms with E-state index >= 15 is 0 Å². The second-order valence-electron chi connectivity index (χ2n) is 5.50. The number of phenols is 1. The summed E-state index contributed by atoms with van der Waals surface area (Å²) in [5.74, 6) is -0.382. The molecule has 2 unspecified atom stereocenters. The molecule has 0 amide bonds. The van der Waals surface area contributed by atoms with Crippen molar-refractivity contribution in [2.45, 2.75) is 38.8 Å². The molecule has 1 saturated heterocycles. The van der Waals surface area contributed by atoms with Crippen LogP contribution < -0.4 is 5.32 Å². The number of phenolic OH excluding ortho intramolecular Hbond substituents is 1. The van der Waals surface area contributed by atoms with Crippen LogP contribution in [0.4, 0.5) is 4.39 Å². The van der Waals surface area contributed by atoms with Crippen molar-refractivity contribution in [1.82, 2.24) is 10.2 Å². The minimum atomic E-state index is -0.353. The number of benzene rings is 1. The van der Waals surface area contributed by atoms with Crippen LogP contribution in [0.3, 0.4) is 0 Å². The molecule has 0 bridgehead atoms. The quantitative estimate of drug-likeness (QED) is 0.860. The zero-order chi connectivity index (χ0) is 13.8. The maximum absolute atomic E-state index is 13.7. The lowest BCUT2D eigenvalue weighted by Crippen LogP contribution is -2.39. The molecule has 0 aromatic heterocycles. The number of aromatic hydroxyl groups is 1. The molecular weight excluding hydrogens is 243 g/mol. The second-order valence-corrected chi connectivity index (χ2v) is 5.50. The highest BCUT2D eigenvalue weighted by molar-refractivity contribution is 5.29.